The molecule has 1 fully saturated rings. The van der Waals surface area contributed by atoms with Crippen molar-refractivity contribution in [1.29, 1.82) is 0 Å². The van der Waals surface area contributed by atoms with Gasteiger partial charge in [0.25, 0.3) is 0 Å². The molecule has 0 spiro atoms. The van der Waals surface area contributed by atoms with Gasteiger partial charge in [-0.1, -0.05) is 0 Å². The van der Waals surface area contributed by atoms with Crippen molar-refractivity contribution in [3.8, 4) is 0 Å². The van der Waals surface area contributed by atoms with E-state index in [1.807, 2.05) is 14.0 Å². The van der Waals surface area contributed by atoms with E-state index >= 15 is 0 Å². The highest BCUT2D eigenvalue weighted by atomic mass is 16.4. The molecule has 116 valence electrons. The second-order valence-electron chi connectivity index (χ2n) is 5.47. The van der Waals surface area contributed by atoms with E-state index in [4.69, 9.17) is 0 Å². The number of carbonyl (C=O) groups is 2. The molecule has 1 aliphatic rings. The standard InChI is InChI=1S/C13H21N5O3/c1-9-7-16(2)4-5-18(9)13(21)15-11(12(19)20)10-6-14-17(3)8-10/h6,8-9,11H,4-5,7H2,1-3H3,(H,15,21)(H,19,20). The van der Waals surface area contributed by atoms with E-state index in [2.05, 4.69) is 15.3 Å². The number of carboxylic acid groups (broad SMARTS) is 1. The zero-order chi connectivity index (χ0) is 15.6. The van der Waals surface area contributed by atoms with E-state index < -0.39 is 12.0 Å². The number of piperazine rings is 1. The van der Waals surface area contributed by atoms with Gasteiger partial charge in [-0.25, -0.2) is 9.59 Å². The van der Waals surface area contributed by atoms with Gasteiger partial charge in [-0.05, 0) is 14.0 Å². The first-order valence-corrected chi connectivity index (χ1v) is 6.85. The maximum absolute atomic E-state index is 12.3. The van der Waals surface area contributed by atoms with Crippen molar-refractivity contribution in [2.45, 2.75) is 19.0 Å². The molecular weight excluding hydrogens is 274 g/mol. The fraction of sp³-hybridized carbons (Fsp3) is 0.615. The lowest BCUT2D eigenvalue weighted by molar-refractivity contribution is -0.139. The summed E-state index contributed by atoms with van der Waals surface area (Å²) < 4.78 is 1.51. The molecular formula is C13H21N5O3. The Labute approximate surface area is 123 Å². The molecule has 0 aliphatic carbocycles. The first kappa shape index (κ1) is 15.3. The van der Waals surface area contributed by atoms with Gasteiger partial charge in [-0.3, -0.25) is 4.68 Å². The summed E-state index contributed by atoms with van der Waals surface area (Å²) in [6.07, 6.45) is 3.04. The third kappa shape index (κ3) is 3.52. The van der Waals surface area contributed by atoms with Gasteiger partial charge in [-0.2, -0.15) is 5.10 Å². The molecule has 1 aromatic heterocycles. The Morgan fingerprint density at radius 2 is 2.14 bits per heavy atom. The molecule has 2 atom stereocenters. The summed E-state index contributed by atoms with van der Waals surface area (Å²) in [5, 5.41) is 15.8. The Morgan fingerprint density at radius 1 is 1.43 bits per heavy atom. The summed E-state index contributed by atoms with van der Waals surface area (Å²) in [6.45, 7) is 4.10. The molecule has 1 saturated heterocycles. The Morgan fingerprint density at radius 3 is 2.67 bits per heavy atom. The van der Waals surface area contributed by atoms with Crippen molar-refractivity contribution < 1.29 is 14.7 Å². The Kier molecular flexibility index (Phi) is 4.46. The lowest BCUT2D eigenvalue weighted by Gasteiger charge is -2.38. The van der Waals surface area contributed by atoms with Gasteiger partial charge in [0.1, 0.15) is 0 Å². The van der Waals surface area contributed by atoms with E-state index in [9.17, 15) is 14.7 Å². The van der Waals surface area contributed by atoms with E-state index in [1.165, 1.54) is 10.9 Å². The Balaban J connectivity index is 2.07. The molecule has 2 heterocycles. The van der Waals surface area contributed by atoms with Crippen molar-refractivity contribution >= 4 is 12.0 Å². The molecule has 8 nitrogen and oxygen atoms in total. The number of urea groups is 1. The minimum absolute atomic E-state index is 0.0482. The van der Waals surface area contributed by atoms with E-state index in [1.54, 1.807) is 18.1 Å². The Hall–Kier alpha value is -2.09. The predicted octanol–water partition coefficient (Wildman–Crippen LogP) is -0.109. The summed E-state index contributed by atoms with van der Waals surface area (Å²) in [4.78, 5) is 27.5. The van der Waals surface area contributed by atoms with E-state index in [0.717, 1.165) is 13.1 Å². The lowest BCUT2D eigenvalue weighted by Crippen LogP contribution is -2.56. The molecule has 0 radical (unpaired) electrons. The van der Waals surface area contributed by atoms with Crippen LogP contribution in [0.25, 0.3) is 0 Å². The van der Waals surface area contributed by atoms with Gasteiger partial charge in [-0.15, -0.1) is 0 Å². The summed E-state index contributed by atoms with van der Waals surface area (Å²) in [5.74, 6) is -1.10. The van der Waals surface area contributed by atoms with Crippen molar-refractivity contribution in [2.24, 2.45) is 7.05 Å². The van der Waals surface area contributed by atoms with Crippen LogP contribution in [0.4, 0.5) is 4.79 Å². The number of aromatic nitrogens is 2. The number of amides is 2. The maximum atomic E-state index is 12.3. The number of carbonyl (C=O) groups excluding carboxylic acids is 1. The molecule has 0 saturated carbocycles. The predicted molar refractivity (Wildman–Crippen MR) is 75.8 cm³/mol. The number of likely N-dealkylation sites (N-methyl/N-ethyl adjacent to an activating group) is 1. The van der Waals surface area contributed by atoms with Crippen molar-refractivity contribution in [3.63, 3.8) is 0 Å². The number of carboxylic acids is 1. The average Bonchev–Trinajstić information content (AvgIpc) is 2.81. The number of hydrogen-bond donors (Lipinski definition) is 2. The topological polar surface area (TPSA) is 90.7 Å². The van der Waals surface area contributed by atoms with Crippen molar-refractivity contribution in [1.82, 2.24) is 24.9 Å². The number of hydrogen-bond acceptors (Lipinski definition) is 4. The van der Waals surface area contributed by atoms with Gasteiger partial charge in [0.05, 0.1) is 6.20 Å². The van der Waals surface area contributed by atoms with Gasteiger partial charge in [0, 0.05) is 44.5 Å². The van der Waals surface area contributed by atoms with Crippen LogP contribution >= 0.6 is 0 Å². The minimum atomic E-state index is -1.10. The fourth-order valence-corrected chi connectivity index (χ4v) is 2.52. The third-order valence-corrected chi connectivity index (χ3v) is 3.66. The smallest absolute Gasteiger partial charge is 0.331 e. The second kappa shape index (κ2) is 6.13. The van der Waals surface area contributed by atoms with Crippen molar-refractivity contribution in [3.05, 3.63) is 18.0 Å². The first-order valence-electron chi connectivity index (χ1n) is 6.85. The molecule has 2 N–H and O–H groups in total. The zero-order valence-corrected chi connectivity index (χ0v) is 12.5. The van der Waals surface area contributed by atoms with Crippen LogP contribution < -0.4 is 5.32 Å². The molecule has 2 unspecified atom stereocenters. The monoisotopic (exact) mass is 295 g/mol. The van der Waals surface area contributed by atoms with Crippen molar-refractivity contribution in [2.75, 3.05) is 26.7 Å². The number of nitrogens with zero attached hydrogens (tertiary/aromatic N) is 4. The van der Waals surface area contributed by atoms with Crippen LogP contribution in [0.3, 0.4) is 0 Å². The molecule has 2 rings (SSSR count). The quantitative estimate of drug-likeness (QED) is 0.812. The van der Waals surface area contributed by atoms with Gasteiger partial charge >= 0.3 is 12.0 Å². The van der Waals surface area contributed by atoms with Gasteiger partial charge in [0.15, 0.2) is 6.04 Å². The van der Waals surface area contributed by atoms with Crippen LogP contribution in [-0.2, 0) is 11.8 Å². The maximum Gasteiger partial charge on any atom is 0.331 e. The summed E-state index contributed by atoms with van der Waals surface area (Å²) in [6, 6.07) is -1.39. The van der Waals surface area contributed by atoms with E-state index in [-0.39, 0.29) is 12.1 Å². The number of aryl methyl sites for hydroxylation is 1. The molecule has 1 aliphatic heterocycles. The Bertz CT molecular complexity index is 530. The first-order chi connectivity index (χ1) is 9.88. The summed E-state index contributed by atoms with van der Waals surface area (Å²) in [5.41, 5.74) is 0.458. The number of rotatable bonds is 3. The van der Waals surface area contributed by atoms with Gasteiger partial charge < -0.3 is 20.2 Å². The van der Waals surface area contributed by atoms with Crippen LogP contribution in [0.1, 0.15) is 18.5 Å². The van der Waals surface area contributed by atoms with Crippen LogP contribution in [-0.4, -0.2) is 69.4 Å². The summed E-state index contributed by atoms with van der Waals surface area (Å²) >= 11 is 0. The molecule has 0 bridgehead atoms. The molecule has 21 heavy (non-hydrogen) atoms. The van der Waals surface area contributed by atoms with Crippen LogP contribution in [0.15, 0.2) is 12.4 Å². The average molecular weight is 295 g/mol. The SMILES string of the molecule is CC1CN(C)CCN1C(=O)NC(C(=O)O)c1cnn(C)c1. The largest absolute Gasteiger partial charge is 0.479 e. The molecule has 2 amide bonds. The summed E-state index contributed by atoms with van der Waals surface area (Å²) in [7, 11) is 3.70. The third-order valence-electron chi connectivity index (χ3n) is 3.66. The molecule has 8 heteroatoms. The highest BCUT2D eigenvalue weighted by Crippen LogP contribution is 2.14. The lowest BCUT2D eigenvalue weighted by atomic mass is 10.1. The highest BCUT2D eigenvalue weighted by molar-refractivity contribution is 5.83. The fourth-order valence-electron chi connectivity index (χ4n) is 2.52. The van der Waals surface area contributed by atoms with Crippen LogP contribution in [0.5, 0.6) is 0 Å². The number of aliphatic carboxylic acids is 1. The normalized spacial score (nSPS) is 21.1. The number of nitrogens with one attached hydrogen (secondary N) is 1. The van der Waals surface area contributed by atoms with Crippen LogP contribution in [0.2, 0.25) is 0 Å². The highest BCUT2D eigenvalue weighted by Gasteiger charge is 2.30. The molecule has 0 aromatic carbocycles. The molecule has 1 aromatic rings. The minimum Gasteiger partial charge on any atom is -0.479 e. The second-order valence-corrected chi connectivity index (χ2v) is 5.47. The van der Waals surface area contributed by atoms with Crippen LogP contribution in [0, 0.1) is 0 Å². The van der Waals surface area contributed by atoms with Gasteiger partial charge in [0.2, 0.25) is 0 Å². The van der Waals surface area contributed by atoms with E-state index in [0.29, 0.717) is 12.1 Å². The zero-order valence-electron chi connectivity index (χ0n) is 12.5.